The number of carbonyl (C=O) groups is 2. The molecule has 1 aromatic carbocycles. The Kier molecular flexibility index (Phi) is 4.46. The molecule has 0 N–H and O–H groups in total. The molecule has 1 aliphatic carbocycles. The predicted octanol–water partition coefficient (Wildman–Crippen LogP) is 4.40. The molecule has 1 fully saturated rings. The first kappa shape index (κ1) is 18.0. The van der Waals surface area contributed by atoms with Gasteiger partial charge in [0, 0.05) is 29.1 Å². The molecule has 0 bridgehead atoms. The highest BCUT2D eigenvalue weighted by Crippen LogP contribution is 2.64. The van der Waals surface area contributed by atoms with Crippen LogP contribution in [-0.4, -0.2) is 27.3 Å². The Morgan fingerprint density at radius 3 is 2.36 bits per heavy atom. The van der Waals surface area contributed by atoms with Crippen molar-refractivity contribution in [1.82, 2.24) is 4.57 Å². The second kappa shape index (κ2) is 6.19. The van der Waals surface area contributed by atoms with Crippen LogP contribution in [0.25, 0.3) is 5.69 Å². The molecule has 4 nitrogen and oxygen atoms in total. The molecule has 0 radical (unpaired) electrons. The maximum absolute atomic E-state index is 12.5. The Labute approximate surface area is 156 Å². The van der Waals surface area contributed by atoms with Crippen molar-refractivity contribution in [3.05, 3.63) is 53.3 Å². The number of carbonyl (C=O) groups excluding carboxylic acids is 2. The number of benzene rings is 1. The number of esters is 1. The number of ether oxygens (including phenoxy) is 1. The second-order valence-electron chi connectivity index (χ2n) is 6.67. The van der Waals surface area contributed by atoms with Crippen molar-refractivity contribution in [1.29, 1.82) is 0 Å². The van der Waals surface area contributed by atoms with E-state index >= 15 is 0 Å². The first-order chi connectivity index (χ1) is 11.7. The third-order valence-electron chi connectivity index (χ3n) is 4.79. The average Bonchev–Trinajstić information content (AvgIpc) is 2.94. The topological polar surface area (TPSA) is 48.3 Å². The van der Waals surface area contributed by atoms with Gasteiger partial charge in [-0.2, -0.15) is 0 Å². The SMILES string of the molecule is Cc1cc(C(=O)COC(=O)C2(C)CC2(Cl)Cl)c(C)n1-c1ccccc1. The average molecular weight is 380 g/mol. The lowest BCUT2D eigenvalue weighted by atomic mass is 10.1. The minimum absolute atomic E-state index is 0.248. The van der Waals surface area contributed by atoms with Gasteiger partial charge in [0.1, 0.15) is 9.75 Å². The number of ketones is 1. The van der Waals surface area contributed by atoms with E-state index in [2.05, 4.69) is 0 Å². The summed E-state index contributed by atoms with van der Waals surface area (Å²) >= 11 is 11.9. The molecule has 2 aromatic rings. The van der Waals surface area contributed by atoms with Gasteiger partial charge in [0.05, 0.1) is 0 Å². The van der Waals surface area contributed by atoms with Crippen LogP contribution in [0.15, 0.2) is 36.4 Å². The second-order valence-corrected chi connectivity index (χ2v) is 8.15. The summed E-state index contributed by atoms with van der Waals surface area (Å²) in [7, 11) is 0. The van der Waals surface area contributed by atoms with E-state index in [4.69, 9.17) is 27.9 Å². The quantitative estimate of drug-likeness (QED) is 0.439. The van der Waals surface area contributed by atoms with E-state index in [1.807, 2.05) is 54.8 Å². The van der Waals surface area contributed by atoms with Crippen molar-refractivity contribution < 1.29 is 14.3 Å². The zero-order chi connectivity index (χ0) is 18.4. The predicted molar refractivity (Wildman–Crippen MR) is 97.7 cm³/mol. The van der Waals surface area contributed by atoms with Crippen LogP contribution in [0.4, 0.5) is 0 Å². The number of para-hydroxylation sites is 1. The highest BCUT2D eigenvalue weighted by atomic mass is 35.5. The van der Waals surface area contributed by atoms with Gasteiger partial charge in [-0.05, 0) is 39.0 Å². The van der Waals surface area contributed by atoms with Crippen molar-refractivity contribution >= 4 is 35.0 Å². The number of alkyl halides is 2. The monoisotopic (exact) mass is 379 g/mol. The fourth-order valence-electron chi connectivity index (χ4n) is 3.01. The van der Waals surface area contributed by atoms with E-state index in [1.165, 1.54) is 0 Å². The van der Waals surface area contributed by atoms with E-state index in [1.54, 1.807) is 6.92 Å². The maximum atomic E-state index is 12.5. The van der Waals surface area contributed by atoms with Crippen molar-refractivity contribution in [2.24, 2.45) is 5.41 Å². The van der Waals surface area contributed by atoms with Crippen LogP contribution in [-0.2, 0) is 9.53 Å². The van der Waals surface area contributed by atoms with Crippen molar-refractivity contribution in [3.63, 3.8) is 0 Å². The summed E-state index contributed by atoms with van der Waals surface area (Å²) in [5.74, 6) is -0.787. The molecule has 6 heteroatoms. The highest BCUT2D eigenvalue weighted by Gasteiger charge is 2.69. The molecule has 25 heavy (non-hydrogen) atoms. The van der Waals surface area contributed by atoms with Gasteiger partial charge in [0.15, 0.2) is 6.61 Å². The van der Waals surface area contributed by atoms with Gasteiger partial charge >= 0.3 is 5.97 Å². The fraction of sp³-hybridized carbons (Fsp3) is 0.368. The van der Waals surface area contributed by atoms with Crippen LogP contribution in [0.1, 0.15) is 35.1 Å². The Balaban J connectivity index is 1.75. The minimum Gasteiger partial charge on any atom is -0.457 e. The largest absolute Gasteiger partial charge is 0.457 e. The van der Waals surface area contributed by atoms with Crippen LogP contribution in [0.3, 0.4) is 0 Å². The Morgan fingerprint density at radius 1 is 1.20 bits per heavy atom. The summed E-state index contributed by atoms with van der Waals surface area (Å²) in [5.41, 5.74) is 2.34. The zero-order valence-corrected chi connectivity index (χ0v) is 15.8. The van der Waals surface area contributed by atoms with Crippen LogP contribution in [0.2, 0.25) is 0 Å². The molecule has 1 atom stereocenters. The summed E-state index contributed by atoms with van der Waals surface area (Å²) in [6.45, 7) is 5.13. The smallest absolute Gasteiger partial charge is 0.315 e. The van der Waals surface area contributed by atoms with Gasteiger partial charge < -0.3 is 9.30 Å². The van der Waals surface area contributed by atoms with Crippen LogP contribution in [0, 0.1) is 19.3 Å². The van der Waals surface area contributed by atoms with Crippen molar-refractivity contribution in [2.45, 2.75) is 31.5 Å². The molecular formula is C19H19Cl2NO3. The lowest BCUT2D eigenvalue weighted by molar-refractivity contribution is -0.148. The van der Waals surface area contributed by atoms with Gasteiger partial charge in [-0.25, -0.2) is 0 Å². The van der Waals surface area contributed by atoms with Crippen LogP contribution >= 0.6 is 23.2 Å². The standard InChI is InChI=1S/C19H19Cl2NO3/c1-12-9-15(13(2)22(12)14-7-5-4-6-8-14)16(23)10-25-17(24)18(3)11-19(18,20)21/h4-9H,10-11H2,1-3H3. The molecule has 0 amide bonds. The number of Topliss-reactive ketones (excluding diaryl/α,β-unsaturated/α-hetero) is 1. The molecule has 1 unspecified atom stereocenters. The number of halogens is 2. The highest BCUT2D eigenvalue weighted by molar-refractivity contribution is 6.53. The Morgan fingerprint density at radius 2 is 1.80 bits per heavy atom. The van der Waals surface area contributed by atoms with E-state index in [9.17, 15) is 9.59 Å². The first-order valence-electron chi connectivity index (χ1n) is 8.00. The van der Waals surface area contributed by atoms with Gasteiger partial charge in [-0.1, -0.05) is 18.2 Å². The van der Waals surface area contributed by atoms with Crippen LogP contribution < -0.4 is 0 Å². The summed E-state index contributed by atoms with van der Waals surface area (Å²) in [6, 6.07) is 11.6. The number of nitrogens with zero attached hydrogens (tertiary/aromatic N) is 1. The molecule has 0 saturated heterocycles. The summed E-state index contributed by atoms with van der Waals surface area (Å²) in [6.07, 6.45) is 0.332. The van der Waals surface area contributed by atoms with Gasteiger partial charge in [0.2, 0.25) is 5.78 Å². The van der Waals surface area contributed by atoms with Crippen LogP contribution in [0.5, 0.6) is 0 Å². The normalized spacial score (nSPS) is 21.0. The number of aryl methyl sites for hydroxylation is 1. The number of hydrogen-bond donors (Lipinski definition) is 0. The maximum Gasteiger partial charge on any atom is 0.315 e. The molecule has 1 heterocycles. The Hall–Kier alpha value is -1.78. The molecule has 1 aromatic heterocycles. The van der Waals surface area contributed by atoms with Gasteiger partial charge in [-0.3, -0.25) is 9.59 Å². The van der Waals surface area contributed by atoms with Crippen molar-refractivity contribution in [2.75, 3.05) is 6.61 Å². The van der Waals surface area contributed by atoms with Gasteiger partial charge in [0.25, 0.3) is 0 Å². The van der Waals surface area contributed by atoms with E-state index in [0.717, 1.165) is 17.1 Å². The number of aromatic nitrogens is 1. The van der Waals surface area contributed by atoms with E-state index in [-0.39, 0.29) is 12.4 Å². The molecule has 132 valence electrons. The third-order valence-corrected chi connectivity index (χ3v) is 5.89. The molecule has 1 aliphatic rings. The van der Waals surface area contributed by atoms with Gasteiger partial charge in [-0.15, -0.1) is 23.2 Å². The number of rotatable bonds is 5. The summed E-state index contributed by atoms with van der Waals surface area (Å²) in [5, 5.41) is 0. The zero-order valence-electron chi connectivity index (χ0n) is 14.3. The molecule has 3 rings (SSSR count). The molecule has 0 aliphatic heterocycles. The van der Waals surface area contributed by atoms with E-state index in [0.29, 0.717) is 12.0 Å². The third kappa shape index (κ3) is 3.09. The van der Waals surface area contributed by atoms with E-state index < -0.39 is 15.7 Å². The van der Waals surface area contributed by atoms with Crippen molar-refractivity contribution in [3.8, 4) is 5.69 Å². The first-order valence-corrected chi connectivity index (χ1v) is 8.75. The molecule has 0 spiro atoms. The number of hydrogen-bond acceptors (Lipinski definition) is 3. The lowest BCUT2D eigenvalue weighted by Gasteiger charge is -2.12. The minimum atomic E-state index is -1.10. The summed E-state index contributed by atoms with van der Waals surface area (Å²) < 4.78 is 6.06. The summed E-state index contributed by atoms with van der Waals surface area (Å²) in [4.78, 5) is 24.6. The fourth-order valence-corrected chi connectivity index (χ4v) is 3.70. The lowest BCUT2D eigenvalue weighted by Crippen LogP contribution is -2.24. The molecular weight excluding hydrogens is 361 g/mol. The molecule has 1 saturated carbocycles. The Bertz CT molecular complexity index is 842.